The molecule has 0 spiro atoms. The topological polar surface area (TPSA) is 47.9 Å². The molecule has 0 bridgehead atoms. The summed E-state index contributed by atoms with van der Waals surface area (Å²) >= 11 is 0. The molecule has 1 aromatic heterocycles. The smallest absolute Gasteiger partial charge is 0.141 e. The Morgan fingerprint density at radius 3 is 2.09 bits per heavy atom. The minimum atomic E-state index is -0.282. The lowest BCUT2D eigenvalue weighted by atomic mass is 10.4. The summed E-state index contributed by atoms with van der Waals surface area (Å²) in [6, 6.07) is 3.03. The molecule has 0 aliphatic rings. The molecule has 66 valence electrons. The van der Waals surface area contributed by atoms with Gasteiger partial charge in [-0.15, -0.1) is 24.8 Å². The van der Waals surface area contributed by atoms with E-state index in [1.165, 1.54) is 12.3 Å². The molecule has 0 fully saturated rings. The van der Waals surface area contributed by atoms with Crippen molar-refractivity contribution in [3.05, 3.63) is 29.8 Å². The molecule has 1 rings (SSSR count). The minimum absolute atomic E-state index is 0. The third-order valence-electron chi connectivity index (χ3n) is 0.875. The molecule has 0 unspecified atom stereocenters. The second-order valence-corrected chi connectivity index (χ2v) is 1.62. The molecular formula is C6H11Cl2FN2. The van der Waals surface area contributed by atoms with Gasteiger partial charge in [-0.3, -0.25) is 4.98 Å². The first-order valence-corrected chi connectivity index (χ1v) is 2.37. The van der Waals surface area contributed by atoms with Gasteiger partial charge in [0.05, 0.1) is 6.20 Å². The van der Waals surface area contributed by atoms with Gasteiger partial charge in [-0.25, -0.2) is 4.39 Å². The zero-order chi connectivity index (χ0) is 5.98. The molecule has 0 aliphatic heterocycles. The van der Waals surface area contributed by atoms with E-state index in [1.807, 2.05) is 6.92 Å². The third kappa shape index (κ3) is 6.04. The van der Waals surface area contributed by atoms with Gasteiger partial charge in [0.25, 0.3) is 0 Å². The maximum absolute atomic E-state index is 12.0. The fourth-order valence-corrected chi connectivity index (χ4v) is 0.450. The normalized spacial score (nSPS) is 6.73. The van der Waals surface area contributed by atoms with Crippen LogP contribution in [0.15, 0.2) is 18.3 Å². The number of halogens is 3. The van der Waals surface area contributed by atoms with Gasteiger partial charge in [0.2, 0.25) is 0 Å². The highest BCUT2D eigenvalue weighted by molar-refractivity contribution is 5.85. The van der Waals surface area contributed by atoms with Crippen LogP contribution in [-0.2, 0) is 0 Å². The molecule has 0 atom stereocenters. The molecule has 5 heteroatoms. The Balaban J connectivity index is -0.000000213. The van der Waals surface area contributed by atoms with Crippen molar-refractivity contribution in [2.24, 2.45) is 0 Å². The van der Waals surface area contributed by atoms with E-state index < -0.39 is 0 Å². The van der Waals surface area contributed by atoms with Gasteiger partial charge in [-0.2, -0.15) is 0 Å². The molecule has 0 aliphatic carbocycles. The van der Waals surface area contributed by atoms with Crippen LogP contribution in [-0.4, -0.2) is 4.98 Å². The molecule has 2 nitrogen and oxygen atoms in total. The lowest BCUT2D eigenvalue weighted by Gasteiger charge is -1.86. The average Bonchev–Trinajstić information content (AvgIpc) is 1.77. The van der Waals surface area contributed by atoms with Crippen molar-refractivity contribution in [3.8, 4) is 0 Å². The second kappa shape index (κ2) is 7.72. The molecule has 3 N–H and O–H groups in total. The summed E-state index contributed by atoms with van der Waals surface area (Å²) in [7, 11) is 0. The van der Waals surface area contributed by atoms with Crippen LogP contribution in [0.5, 0.6) is 0 Å². The van der Waals surface area contributed by atoms with Crippen molar-refractivity contribution in [2.75, 3.05) is 0 Å². The first-order chi connectivity index (χ1) is 3.79. The van der Waals surface area contributed by atoms with Crippen molar-refractivity contribution < 1.29 is 4.39 Å². The zero-order valence-corrected chi connectivity index (χ0v) is 7.71. The Kier molecular flexibility index (Phi) is 11.9. The van der Waals surface area contributed by atoms with Gasteiger partial charge in [0, 0.05) is 5.69 Å². The van der Waals surface area contributed by atoms with Crippen LogP contribution in [0.4, 0.5) is 4.39 Å². The summed E-state index contributed by atoms with van der Waals surface area (Å²) < 4.78 is 12.0. The number of nitrogens with zero attached hydrogens (tertiary/aromatic N) is 1. The van der Waals surface area contributed by atoms with Crippen LogP contribution in [0, 0.1) is 12.7 Å². The van der Waals surface area contributed by atoms with E-state index >= 15 is 0 Å². The van der Waals surface area contributed by atoms with Gasteiger partial charge in [-0.05, 0) is 19.1 Å². The van der Waals surface area contributed by atoms with Gasteiger partial charge in [0.1, 0.15) is 5.82 Å². The number of aryl methyl sites for hydroxylation is 1. The molecule has 0 radical (unpaired) electrons. The molecule has 0 saturated heterocycles. The van der Waals surface area contributed by atoms with Gasteiger partial charge in [-0.1, -0.05) is 0 Å². The highest BCUT2D eigenvalue weighted by Crippen LogP contribution is 1.94. The summed E-state index contributed by atoms with van der Waals surface area (Å²) in [5.41, 5.74) is 0.839. The van der Waals surface area contributed by atoms with E-state index in [0.29, 0.717) is 0 Å². The average molecular weight is 201 g/mol. The number of hydrogen-bond acceptors (Lipinski definition) is 2. The van der Waals surface area contributed by atoms with Crippen molar-refractivity contribution in [1.82, 2.24) is 11.1 Å². The molecule has 0 saturated carbocycles. The van der Waals surface area contributed by atoms with Crippen LogP contribution in [0.2, 0.25) is 0 Å². The predicted octanol–water partition coefficient (Wildman–Crippen LogP) is 2.53. The Hall–Kier alpha value is -0.380. The van der Waals surface area contributed by atoms with E-state index in [9.17, 15) is 4.39 Å². The second-order valence-electron chi connectivity index (χ2n) is 1.62. The fourth-order valence-electron chi connectivity index (χ4n) is 0.450. The maximum atomic E-state index is 12.0. The van der Waals surface area contributed by atoms with Gasteiger partial charge >= 0.3 is 0 Å². The van der Waals surface area contributed by atoms with E-state index in [-0.39, 0.29) is 36.8 Å². The number of hydrogen-bond donors (Lipinski definition) is 1. The minimum Gasteiger partial charge on any atom is -0.344 e. The van der Waals surface area contributed by atoms with E-state index in [1.54, 1.807) is 6.07 Å². The lowest BCUT2D eigenvalue weighted by Crippen LogP contribution is -1.79. The van der Waals surface area contributed by atoms with Gasteiger partial charge in [0.15, 0.2) is 0 Å². The van der Waals surface area contributed by atoms with Crippen LogP contribution in [0.25, 0.3) is 0 Å². The Morgan fingerprint density at radius 2 is 1.82 bits per heavy atom. The van der Waals surface area contributed by atoms with Gasteiger partial charge < -0.3 is 6.15 Å². The van der Waals surface area contributed by atoms with Crippen LogP contribution < -0.4 is 6.15 Å². The van der Waals surface area contributed by atoms with Crippen molar-refractivity contribution in [2.45, 2.75) is 6.92 Å². The lowest BCUT2D eigenvalue weighted by molar-refractivity contribution is 0.620. The van der Waals surface area contributed by atoms with Crippen LogP contribution >= 0.6 is 24.8 Å². The number of pyridine rings is 1. The zero-order valence-electron chi connectivity index (χ0n) is 6.08. The van der Waals surface area contributed by atoms with E-state index in [2.05, 4.69) is 4.98 Å². The molecule has 1 aromatic rings. The highest BCUT2D eigenvalue weighted by Gasteiger charge is 1.84. The first kappa shape index (κ1) is 16.9. The molecule has 0 aromatic carbocycles. The highest BCUT2D eigenvalue weighted by atomic mass is 35.5. The summed E-state index contributed by atoms with van der Waals surface area (Å²) in [5.74, 6) is -0.282. The van der Waals surface area contributed by atoms with Crippen LogP contribution in [0.1, 0.15) is 5.69 Å². The summed E-state index contributed by atoms with van der Waals surface area (Å²) in [6.07, 6.45) is 1.20. The van der Waals surface area contributed by atoms with Crippen molar-refractivity contribution >= 4 is 24.8 Å². The Morgan fingerprint density at radius 1 is 1.27 bits per heavy atom. The SMILES string of the molecule is Cc1ccc(F)cn1.Cl.Cl.N. The Labute approximate surface area is 77.6 Å². The van der Waals surface area contributed by atoms with Crippen molar-refractivity contribution in [3.63, 3.8) is 0 Å². The molecule has 0 amide bonds. The monoisotopic (exact) mass is 200 g/mol. The third-order valence-corrected chi connectivity index (χ3v) is 0.875. The Bertz CT molecular complexity index is 157. The summed E-state index contributed by atoms with van der Waals surface area (Å²) in [5, 5.41) is 0. The number of rotatable bonds is 0. The summed E-state index contributed by atoms with van der Waals surface area (Å²) in [6.45, 7) is 1.82. The molecule has 11 heavy (non-hydrogen) atoms. The largest absolute Gasteiger partial charge is 0.344 e. The maximum Gasteiger partial charge on any atom is 0.141 e. The van der Waals surface area contributed by atoms with Crippen molar-refractivity contribution in [1.29, 1.82) is 0 Å². The van der Waals surface area contributed by atoms with E-state index in [0.717, 1.165) is 5.69 Å². The quantitative estimate of drug-likeness (QED) is 0.700. The predicted molar refractivity (Wildman–Crippen MR) is 48.5 cm³/mol. The standard InChI is InChI=1S/C6H6FN.2ClH.H3N/c1-5-2-3-6(7)4-8-5;;;/h2-4H,1H3;2*1H;1H3. The summed E-state index contributed by atoms with van der Waals surface area (Å²) in [4.78, 5) is 3.70. The number of aromatic nitrogens is 1. The molecular weight excluding hydrogens is 190 g/mol. The van der Waals surface area contributed by atoms with Crippen LogP contribution in [0.3, 0.4) is 0 Å². The first-order valence-electron chi connectivity index (χ1n) is 2.37. The van der Waals surface area contributed by atoms with E-state index in [4.69, 9.17) is 0 Å². The molecule has 1 heterocycles. The fraction of sp³-hybridized carbons (Fsp3) is 0.167.